The van der Waals surface area contributed by atoms with Crippen LogP contribution in [0.15, 0.2) is 59.8 Å². The van der Waals surface area contributed by atoms with Gasteiger partial charge in [0.05, 0.1) is 5.75 Å². The zero-order chi connectivity index (χ0) is 21.0. The monoisotopic (exact) mass is 413 g/mol. The van der Waals surface area contributed by atoms with E-state index in [0.717, 1.165) is 5.56 Å². The quantitative estimate of drug-likeness (QED) is 0.492. The molecule has 6 nitrogen and oxygen atoms in total. The first kappa shape index (κ1) is 20.9. The normalized spacial score (nSPS) is 11.4. The molecule has 1 heterocycles. The highest BCUT2D eigenvalue weighted by Crippen LogP contribution is 2.24. The molecular weight excluding hydrogens is 389 g/mol. The van der Waals surface area contributed by atoms with E-state index in [1.165, 1.54) is 28.6 Å². The molecule has 0 fully saturated rings. The maximum atomic E-state index is 13.5. The van der Waals surface area contributed by atoms with Crippen LogP contribution in [0.3, 0.4) is 0 Å². The third-order valence-electron chi connectivity index (χ3n) is 4.37. The Bertz CT molecular complexity index is 984. The zero-order valence-corrected chi connectivity index (χ0v) is 17.5. The van der Waals surface area contributed by atoms with Gasteiger partial charge in [-0.15, -0.1) is 10.2 Å². The summed E-state index contributed by atoms with van der Waals surface area (Å²) in [5.74, 6) is 6.19. The highest BCUT2D eigenvalue weighted by molar-refractivity contribution is 7.99. The SMILES string of the molecule is CC(C)(C)N(Cc1ccccc1)C(=O)CSc1nnc(-c2cccc(F)c2)n1N. The summed E-state index contributed by atoms with van der Waals surface area (Å²) in [5.41, 5.74) is 1.26. The lowest BCUT2D eigenvalue weighted by molar-refractivity contribution is -0.133. The Morgan fingerprint density at radius 2 is 1.86 bits per heavy atom. The summed E-state index contributed by atoms with van der Waals surface area (Å²) in [6.45, 7) is 6.54. The number of hydrogen-bond donors (Lipinski definition) is 1. The highest BCUT2D eigenvalue weighted by Gasteiger charge is 2.27. The van der Waals surface area contributed by atoms with Crippen LogP contribution in [0.4, 0.5) is 4.39 Å². The molecule has 0 aliphatic rings. The molecule has 152 valence electrons. The molecule has 0 saturated heterocycles. The maximum Gasteiger partial charge on any atom is 0.233 e. The van der Waals surface area contributed by atoms with Crippen molar-refractivity contribution in [3.63, 3.8) is 0 Å². The van der Waals surface area contributed by atoms with Crippen molar-refractivity contribution in [1.82, 2.24) is 19.8 Å². The van der Waals surface area contributed by atoms with Gasteiger partial charge in [-0.05, 0) is 38.5 Å². The molecular formula is C21H24FN5OS. The van der Waals surface area contributed by atoms with Crippen LogP contribution < -0.4 is 5.84 Å². The summed E-state index contributed by atoms with van der Waals surface area (Å²) in [4.78, 5) is 14.8. The van der Waals surface area contributed by atoms with Gasteiger partial charge in [0.1, 0.15) is 5.82 Å². The minimum atomic E-state index is -0.378. The van der Waals surface area contributed by atoms with Crippen molar-refractivity contribution in [1.29, 1.82) is 0 Å². The molecule has 2 N–H and O–H groups in total. The lowest BCUT2D eigenvalue weighted by Crippen LogP contribution is -2.46. The highest BCUT2D eigenvalue weighted by atomic mass is 32.2. The van der Waals surface area contributed by atoms with Gasteiger partial charge in [-0.25, -0.2) is 9.07 Å². The third kappa shape index (κ3) is 5.14. The van der Waals surface area contributed by atoms with Crippen LogP contribution in [0.5, 0.6) is 0 Å². The minimum absolute atomic E-state index is 0.0262. The van der Waals surface area contributed by atoms with Crippen LogP contribution in [0.25, 0.3) is 11.4 Å². The second-order valence-corrected chi connectivity index (χ2v) is 8.55. The number of aromatic nitrogens is 3. The summed E-state index contributed by atoms with van der Waals surface area (Å²) in [6, 6.07) is 15.9. The van der Waals surface area contributed by atoms with E-state index in [1.54, 1.807) is 12.1 Å². The molecule has 2 aromatic carbocycles. The third-order valence-corrected chi connectivity index (χ3v) is 5.29. The molecule has 0 aliphatic heterocycles. The van der Waals surface area contributed by atoms with E-state index in [-0.39, 0.29) is 23.0 Å². The van der Waals surface area contributed by atoms with Gasteiger partial charge in [0.25, 0.3) is 0 Å². The summed E-state index contributed by atoms with van der Waals surface area (Å²) >= 11 is 1.21. The van der Waals surface area contributed by atoms with E-state index in [9.17, 15) is 9.18 Å². The number of thioether (sulfide) groups is 1. The van der Waals surface area contributed by atoms with Crippen molar-refractivity contribution >= 4 is 17.7 Å². The van der Waals surface area contributed by atoms with Crippen molar-refractivity contribution in [2.45, 2.75) is 38.0 Å². The molecule has 0 unspecified atom stereocenters. The number of hydrogen-bond acceptors (Lipinski definition) is 5. The topological polar surface area (TPSA) is 77.0 Å². The Labute approximate surface area is 173 Å². The van der Waals surface area contributed by atoms with Crippen LogP contribution in [0.1, 0.15) is 26.3 Å². The van der Waals surface area contributed by atoms with Gasteiger partial charge in [-0.1, -0.05) is 54.2 Å². The number of carbonyl (C=O) groups excluding carboxylic acids is 1. The van der Waals surface area contributed by atoms with Gasteiger partial charge in [-0.3, -0.25) is 4.79 Å². The van der Waals surface area contributed by atoms with Crippen molar-refractivity contribution in [3.8, 4) is 11.4 Å². The molecule has 0 atom stereocenters. The molecule has 3 aromatic rings. The molecule has 3 rings (SSSR count). The Kier molecular flexibility index (Phi) is 6.22. The van der Waals surface area contributed by atoms with Gasteiger partial charge in [0, 0.05) is 17.6 Å². The Morgan fingerprint density at radius 1 is 1.14 bits per heavy atom. The standard InChI is InChI=1S/C21H24FN5OS/c1-21(2,3)26(13-15-8-5-4-6-9-15)18(28)14-29-20-25-24-19(27(20)23)16-10-7-11-17(22)12-16/h4-12H,13-14,23H2,1-3H3. The van der Waals surface area contributed by atoms with Gasteiger partial charge >= 0.3 is 0 Å². The number of nitrogens with zero attached hydrogens (tertiary/aromatic N) is 4. The maximum absolute atomic E-state index is 13.5. The minimum Gasteiger partial charge on any atom is -0.335 e. The molecule has 0 spiro atoms. The van der Waals surface area contributed by atoms with Crippen LogP contribution in [0.2, 0.25) is 0 Å². The fourth-order valence-electron chi connectivity index (χ4n) is 2.87. The van der Waals surface area contributed by atoms with Gasteiger partial charge < -0.3 is 10.7 Å². The largest absolute Gasteiger partial charge is 0.335 e. The number of amides is 1. The van der Waals surface area contributed by atoms with Crippen LogP contribution >= 0.6 is 11.8 Å². The van der Waals surface area contributed by atoms with Crippen molar-refractivity contribution in [2.75, 3.05) is 11.6 Å². The summed E-state index contributed by atoms with van der Waals surface area (Å²) in [7, 11) is 0. The first-order chi connectivity index (χ1) is 13.8. The number of nitrogen functional groups attached to an aromatic ring is 1. The van der Waals surface area contributed by atoms with Crippen LogP contribution in [-0.4, -0.2) is 37.0 Å². The van der Waals surface area contributed by atoms with Crippen LogP contribution in [0, 0.1) is 5.82 Å². The van der Waals surface area contributed by atoms with E-state index < -0.39 is 0 Å². The van der Waals surface area contributed by atoms with E-state index >= 15 is 0 Å². The Hall–Kier alpha value is -2.87. The number of rotatable bonds is 6. The average molecular weight is 414 g/mol. The number of halogens is 1. The predicted molar refractivity (Wildman–Crippen MR) is 113 cm³/mol. The number of nitrogens with two attached hydrogens (primary N) is 1. The molecule has 29 heavy (non-hydrogen) atoms. The molecule has 0 radical (unpaired) electrons. The number of benzene rings is 2. The van der Waals surface area contributed by atoms with Gasteiger partial charge in [0.15, 0.2) is 5.82 Å². The molecule has 8 heteroatoms. The van der Waals surface area contributed by atoms with E-state index in [0.29, 0.717) is 23.1 Å². The average Bonchev–Trinajstić information content (AvgIpc) is 3.04. The summed E-state index contributed by atoms with van der Waals surface area (Å²) in [6.07, 6.45) is 0. The second kappa shape index (κ2) is 8.65. The first-order valence-electron chi connectivity index (χ1n) is 9.19. The van der Waals surface area contributed by atoms with E-state index in [2.05, 4.69) is 10.2 Å². The lowest BCUT2D eigenvalue weighted by Gasteiger charge is -2.36. The van der Waals surface area contributed by atoms with E-state index in [1.807, 2.05) is 56.0 Å². The van der Waals surface area contributed by atoms with Crippen LogP contribution in [-0.2, 0) is 11.3 Å². The van der Waals surface area contributed by atoms with Crippen molar-refractivity contribution < 1.29 is 9.18 Å². The Morgan fingerprint density at radius 3 is 2.52 bits per heavy atom. The van der Waals surface area contributed by atoms with E-state index in [4.69, 9.17) is 5.84 Å². The first-order valence-corrected chi connectivity index (χ1v) is 10.2. The summed E-state index contributed by atoms with van der Waals surface area (Å²) < 4.78 is 14.8. The van der Waals surface area contributed by atoms with Crippen molar-refractivity contribution in [2.24, 2.45) is 0 Å². The lowest BCUT2D eigenvalue weighted by atomic mass is 10.0. The van der Waals surface area contributed by atoms with Gasteiger partial charge in [-0.2, -0.15) is 0 Å². The zero-order valence-electron chi connectivity index (χ0n) is 16.7. The fraction of sp³-hybridized carbons (Fsp3) is 0.286. The van der Waals surface area contributed by atoms with Crippen molar-refractivity contribution in [3.05, 3.63) is 66.0 Å². The van der Waals surface area contributed by atoms with Gasteiger partial charge in [0.2, 0.25) is 11.1 Å². The molecule has 0 saturated carbocycles. The smallest absolute Gasteiger partial charge is 0.233 e. The second-order valence-electron chi connectivity index (χ2n) is 7.61. The molecule has 0 bridgehead atoms. The molecule has 1 aromatic heterocycles. The fourth-order valence-corrected chi connectivity index (χ4v) is 3.60. The summed E-state index contributed by atoms with van der Waals surface area (Å²) in [5, 5.41) is 8.49. The molecule has 1 amide bonds. The molecule has 0 aliphatic carbocycles. The Balaban J connectivity index is 1.72. The predicted octanol–water partition coefficient (Wildman–Crippen LogP) is 3.72. The number of carbonyl (C=O) groups is 1.